The number of ether oxygens (including phenoxy) is 1. The van der Waals surface area contributed by atoms with Crippen molar-refractivity contribution in [1.82, 2.24) is 0 Å². The van der Waals surface area contributed by atoms with Crippen LogP contribution in [0.15, 0.2) is 53.7 Å². The van der Waals surface area contributed by atoms with Gasteiger partial charge >= 0.3 is 5.97 Å². The lowest BCUT2D eigenvalue weighted by atomic mass is 9.88. The number of rotatable bonds is 5. The molecular formula is C25H28N2O4. The number of carbonyl (C=O) groups is 3. The predicted molar refractivity (Wildman–Crippen MR) is 121 cm³/mol. The Morgan fingerprint density at radius 2 is 1.68 bits per heavy atom. The number of carbonyl (C=O) groups excluding carboxylic acids is 3. The summed E-state index contributed by atoms with van der Waals surface area (Å²) in [5.41, 5.74) is 4.92. The molecule has 2 aromatic rings. The van der Waals surface area contributed by atoms with Crippen LogP contribution < -0.4 is 10.2 Å². The summed E-state index contributed by atoms with van der Waals surface area (Å²) in [6.45, 7) is 9.37. The van der Waals surface area contributed by atoms with Crippen molar-refractivity contribution in [1.29, 1.82) is 0 Å². The minimum atomic E-state index is -0.923. The Morgan fingerprint density at radius 3 is 2.32 bits per heavy atom. The smallest absolute Gasteiger partial charge is 0.336 e. The summed E-state index contributed by atoms with van der Waals surface area (Å²) in [6.07, 6.45) is -0.115. The molecule has 6 heteroatoms. The first-order valence-electron chi connectivity index (χ1n) is 10.4. The Bertz CT molecular complexity index is 1050. The van der Waals surface area contributed by atoms with E-state index in [0.717, 1.165) is 16.7 Å². The quantitative estimate of drug-likeness (QED) is 0.726. The Balaban J connectivity index is 2.02. The van der Waals surface area contributed by atoms with Crippen LogP contribution in [0.3, 0.4) is 0 Å². The normalized spacial score (nSPS) is 16.4. The van der Waals surface area contributed by atoms with Gasteiger partial charge in [0.2, 0.25) is 11.8 Å². The van der Waals surface area contributed by atoms with Gasteiger partial charge in [-0.3, -0.25) is 14.5 Å². The maximum absolute atomic E-state index is 13.2. The van der Waals surface area contributed by atoms with Crippen LogP contribution in [0.1, 0.15) is 37.0 Å². The second-order valence-electron chi connectivity index (χ2n) is 7.85. The molecule has 1 aliphatic rings. The van der Waals surface area contributed by atoms with Gasteiger partial charge in [-0.2, -0.15) is 0 Å². The molecule has 3 rings (SSSR count). The third-order valence-electron chi connectivity index (χ3n) is 5.46. The summed E-state index contributed by atoms with van der Waals surface area (Å²) in [6, 6.07) is 13.2. The molecule has 0 bridgehead atoms. The summed E-state index contributed by atoms with van der Waals surface area (Å²) in [5.74, 6) is -2.14. The van der Waals surface area contributed by atoms with Crippen molar-refractivity contribution in [2.24, 2.45) is 5.92 Å². The number of esters is 1. The lowest BCUT2D eigenvalue weighted by Crippen LogP contribution is -2.43. The van der Waals surface area contributed by atoms with E-state index in [0.29, 0.717) is 17.1 Å². The largest absolute Gasteiger partial charge is 0.463 e. The molecule has 1 aliphatic heterocycles. The molecule has 0 fully saturated rings. The molecule has 0 aromatic heterocycles. The molecule has 0 spiro atoms. The van der Waals surface area contributed by atoms with Crippen LogP contribution in [-0.4, -0.2) is 24.4 Å². The number of anilines is 2. The van der Waals surface area contributed by atoms with Crippen LogP contribution in [0.25, 0.3) is 0 Å². The van der Waals surface area contributed by atoms with Gasteiger partial charge in [0.1, 0.15) is 0 Å². The van der Waals surface area contributed by atoms with E-state index in [2.05, 4.69) is 5.32 Å². The van der Waals surface area contributed by atoms with E-state index in [1.165, 1.54) is 4.90 Å². The Kier molecular flexibility index (Phi) is 6.59. The highest BCUT2D eigenvalue weighted by Crippen LogP contribution is 2.34. The predicted octanol–water partition coefficient (Wildman–Crippen LogP) is 4.44. The number of hydrogen-bond donors (Lipinski definition) is 1. The lowest BCUT2D eigenvalue weighted by molar-refractivity contribution is -0.141. The van der Waals surface area contributed by atoms with Crippen LogP contribution in [0, 0.1) is 26.7 Å². The highest BCUT2D eigenvalue weighted by atomic mass is 16.5. The van der Waals surface area contributed by atoms with Gasteiger partial charge in [-0.05, 0) is 63.9 Å². The monoisotopic (exact) mass is 420 g/mol. The van der Waals surface area contributed by atoms with Crippen LogP contribution in [0.2, 0.25) is 0 Å². The van der Waals surface area contributed by atoms with Crippen molar-refractivity contribution < 1.29 is 19.1 Å². The van der Waals surface area contributed by atoms with Gasteiger partial charge in [-0.1, -0.05) is 29.8 Å². The Labute approximate surface area is 182 Å². The zero-order valence-corrected chi connectivity index (χ0v) is 18.6. The van der Waals surface area contributed by atoms with Gasteiger partial charge in [-0.25, -0.2) is 4.79 Å². The minimum absolute atomic E-state index is 0.115. The molecule has 1 atom stereocenters. The highest BCUT2D eigenvalue weighted by Gasteiger charge is 2.40. The first kappa shape index (κ1) is 22.3. The van der Waals surface area contributed by atoms with Crippen molar-refractivity contribution >= 4 is 29.2 Å². The molecular weight excluding hydrogens is 392 g/mol. The fourth-order valence-corrected chi connectivity index (χ4v) is 3.77. The molecule has 0 saturated heterocycles. The van der Waals surface area contributed by atoms with Gasteiger partial charge in [0.05, 0.1) is 18.1 Å². The fraction of sp³-hybridized carbons (Fsp3) is 0.320. The minimum Gasteiger partial charge on any atom is -0.463 e. The molecule has 2 amide bonds. The average molecular weight is 421 g/mol. The summed E-state index contributed by atoms with van der Waals surface area (Å²) in [4.78, 5) is 40.6. The van der Waals surface area contributed by atoms with Gasteiger partial charge in [0.25, 0.3) is 0 Å². The van der Waals surface area contributed by atoms with E-state index in [1.807, 2.05) is 63.2 Å². The highest BCUT2D eigenvalue weighted by molar-refractivity contribution is 6.10. The summed E-state index contributed by atoms with van der Waals surface area (Å²) < 4.78 is 5.25. The number of amides is 2. The van der Waals surface area contributed by atoms with E-state index in [-0.39, 0.29) is 24.5 Å². The van der Waals surface area contributed by atoms with Crippen LogP contribution in [0.4, 0.5) is 11.4 Å². The maximum Gasteiger partial charge on any atom is 0.336 e. The maximum atomic E-state index is 13.2. The summed E-state index contributed by atoms with van der Waals surface area (Å²) in [5, 5.41) is 2.90. The van der Waals surface area contributed by atoms with Crippen LogP contribution in [0.5, 0.6) is 0 Å². The molecule has 0 aliphatic carbocycles. The molecule has 6 nitrogen and oxygen atoms in total. The third kappa shape index (κ3) is 4.68. The molecule has 0 unspecified atom stereocenters. The Hall–Kier alpha value is -3.41. The first-order chi connectivity index (χ1) is 14.7. The standard InChI is InChI=1S/C25H28N2O4/c1-6-31-25(30)23-18(5)27(19-11-8-15(2)9-12-19)22(28)14-20(23)24(29)26-21-13-16(3)7-10-17(21)4/h7-13,20H,6,14H2,1-5H3,(H,26,29)/t20-/m0/s1. The van der Waals surface area contributed by atoms with Gasteiger partial charge in [0.15, 0.2) is 0 Å². The SMILES string of the molecule is CCOC(=O)C1=C(C)N(c2ccc(C)cc2)C(=O)C[C@@H]1C(=O)Nc1cc(C)ccc1C. The zero-order chi connectivity index (χ0) is 22.7. The Morgan fingerprint density at radius 1 is 1.03 bits per heavy atom. The van der Waals surface area contributed by atoms with Gasteiger partial charge in [0, 0.05) is 23.5 Å². The van der Waals surface area contributed by atoms with Crippen molar-refractivity contribution in [3.63, 3.8) is 0 Å². The molecule has 0 saturated carbocycles. The van der Waals surface area contributed by atoms with E-state index < -0.39 is 17.8 Å². The zero-order valence-electron chi connectivity index (χ0n) is 18.6. The summed E-state index contributed by atoms with van der Waals surface area (Å²) in [7, 11) is 0. The van der Waals surface area contributed by atoms with E-state index in [4.69, 9.17) is 4.74 Å². The second-order valence-corrected chi connectivity index (χ2v) is 7.85. The van der Waals surface area contributed by atoms with Crippen molar-refractivity contribution in [2.75, 3.05) is 16.8 Å². The average Bonchev–Trinajstić information content (AvgIpc) is 2.71. The summed E-state index contributed by atoms with van der Waals surface area (Å²) >= 11 is 0. The molecule has 1 heterocycles. The molecule has 162 valence electrons. The number of hydrogen-bond acceptors (Lipinski definition) is 4. The van der Waals surface area contributed by atoms with E-state index in [9.17, 15) is 14.4 Å². The van der Waals surface area contributed by atoms with Crippen molar-refractivity contribution in [3.8, 4) is 0 Å². The first-order valence-corrected chi connectivity index (χ1v) is 10.4. The van der Waals surface area contributed by atoms with Crippen LogP contribution >= 0.6 is 0 Å². The third-order valence-corrected chi connectivity index (χ3v) is 5.46. The molecule has 2 aromatic carbocycles. The number of aryl methyl sites for hydroxylation is 3. The van der Waals surface area contributed by atoms with E-state index >= 15 is 0 Å². The molecule has 0 radical (unpaired) electrons. The van der Waals surface area contributed by atoms with Gasteiger partial charge < -0.3 is 10.1 Å². The van der Waals surface area contributed by atoms with Crippen molar-refractivity contribution in [3.05, 3.63) is 70.4 Å². The number of benzene rings is 2. The molecule has 1 N–H and O–H groups in total. The van der Waals surface area contributed by atoms with Crippen molar-refractivity contribution in [2.45, 2.75) is 41.0 Å². The van der Waals surface area contributed by atoms with E-state index in [1.54, 1.807) is 13.8 Å². The topological polar surface area (TPSA) is 75.7 Å². The molecule has 31 heavy (non-hydrogen) atoms. The fourth-order valence-electron chi connectivity index (χ4n) is 3.77. The lowest BCUT2D eigenvalue weighted by Gasteiger charge is -2.33. The number of nitrogens with one attached hydrogen (secondary N) is 1. The number of allylic oxidation sites excluding steroid dienone is 1. The number of nitrogens with zero attached hydrogens (tertiary/aromatic N) is 1. The second kappa shape index (κ2) is 9.16. The van der Waals surface area contributed by atoms with Crippen LogP contribution in [-0.2, 0) is 19.1 Å². The van der Waals surface area contributed by atoms with Gasteiger partial charge in [-0.15, -0.1) is 0 Å².